The lowest BCUT2D eigenvalue weighted by Crippen LogP contribution is -2.22. The number of fused-ring (bicyclic) bond motifs is 5. The predicted molar refractivity (Wildman–Crippen MR) is 361 cm³/mol. The lowest BCUT2D eigenvalue weighted by atomic mass is 10.1. The molecule has 0 unspecified atom stereocenters. The first kappa shape index (κ1) is 69.1. The molecule has 0 aromatic heterocycles. The van der Waals surface area contributed by atoms with Gasteiger partial charge in [-0.25, -0.2) is 0 Å². The number of nitrogens with zero attached hydrogens (tertiary/aromatic N) is 2. The summed E-state index contributed by atoms with van der Waals surface area (Å²) in [5, 5.41) is 97.9. The van der Waals surface area contributed by atoms with Gasteiger partial charge in [0.25, 0.3) is 0 Å². The molecule has 10 aromatic carbocycles. The summed E-state index contributed by atoms with van der Waals surface area (Å²) >= 11 is 0. The van der Waals surface area contributed by atoms with Gasteiger partial charge in [-0.15, -0.1) is 0 Å². The normalized spacial score (nSPS) is 12.7. The van der Waals surface area contributed by atoms with Crippen molar-refractivity contribution >= 4 is 6.29 Å². The molecule has 518 valence electrons. The number of rotatable bonds is 18. The van der Waals surface area contributed by atoms with Crippen LogP contribution in [0.5, 0.6) is 115 Å². The summed E-state index contributed by atoms with van der Waals surface area (Å²) in [5.74, 6) is 5.85. The van der Waals surface area contributed by atoms with Crippen LogP contribution in [0.2, 0.25) is 0 Å². The van der Waals surface area contributed by atoms with E-state index >= 15 is 0 Å². The third kappa shape index (κ3) is 18.6. The third-order valence-electron chi connectivity index (χ3n) is 15.8. The molecule has 0 spiro atoms. The Labute approximate surface area is 573 Å². The maximum absolute atomic E-state index is 10.3. The average molecular weight is 1370 g/mol. The molecule has 0 aliphatic carbocycles. The maximum atomic E-state index is 10.3. The number of nitrogens with one attached hydrogen (secondary N) is 1. The monoisotopic (exact) mass is 1360 g/mol. The number of phenols is 10. The number of nitrogens with two attached hydrogens (primary N) is 1. The van der Waals surface area contributed by atoms with Crippen molar-refractivity contribution in [1.29, 1.82) is 0 Å². The zero-order valence-corrected chi connectivity index (χ0v) is 53.7. The van der Waals surface area contributed by atoms with Crippen molar-refractivity contribution < 1.29 is 103 Å². The van der Waals surface area contributed by atoms with Gasteiger partial charge in [-0.1, -0.05) is 54.6 Å². The van der Waals surface area contributed by atoms with Crippen LogP contribution in [0.15, 0.2) is 182 Å². The molecular formula is C75H72N4O21. The molecule has 10 aromatic rings. The molecule has 5 heterocycles. The van der Waals surface area contributed by atoms with Crippen molar-refractivity contribution in [3.05, 3.63) is 238 Å². The van der Waals surface area contributed by atoms with Crippen LogP contribution in [0.1, 0.15) is 60.4 Å². The molecule has 0 atom stereocenters. The topological polar surface area (TPSA) is 356 Å². The lowest BCUT2D eigenvalue weighted by Gasteiger charge is -2.23. The lowest BCUT2D eigenvalue weighted by molar-refractivity contribution is 0.112. The molecule has 0 bridgehead atoms. The van der Waals surface area contributed by atoms with Crippen LogP contribution < -0.4 is 58.4 Å². The van der Waals surface area contributed by atoms with Crippen LogP contribution in [0, 0.1) is 0 Å². The van der Waals surface area contributed by atoms with Gasteiger partial charge in [-0.2, -0.15) is 0 Å². The second kappa shape index (κ2) is 32.6. The average Bonchev–Trinajstić information content (AvgIpc) is 1.82. The van der Waals surface area contributed by atoms with Crippen LogP contribution in [-0.2, 0) is 58.9 Å². The Kier molecular flexibility index (Phi) is 22.5. The highest BCUT2D eigenvalue weighted by Crippen LogP contribution is 2.39. The number of hydrogen-bond acceptors (Lipinski definition) is 25. The van der Waals surface area contributed by atoms with E-state index in [2.05, 4.69) is 46.6 Å². The molecule has 0 radical (unpaired) electrons. The van der Waals surface area contributed by atoms with E-state index < -0.39 is 0 Å². The highest BCUT2D eigenvalue weighted by molar-refractivity contribution is 5.76. The van der Waals surface area contributed by atoms with E-state index in [0.29, 0.717) is 63.1 Å². The number of ether oxygens (including phenoxy) is 10. The van der Waals surface area contributed by atoms with E-state index in [1.165, 1.54) is 60.7 Å². The Morgan fingerprint density at radius 2 is 0.510 bits per heavy atom. The second-order valence-electron chi connectivity index (χ2n) is 23.2. The Morgan fingerprint density at radius 1 is 0.280 bits per heavy atom. The van der Waals surface area contributed by atoms with Crippen molar-refractivity contribution in [1.82, 2.24) is 15.1 Å². The van der Waals surface area contributed by atoms with E-state index in [0.717, 1.165) is 122 Å². The first-order valence-corrected chi connectivity index (χ1v) is 31.3. The minimum atomic E-state index is -0.220. The minimum Gasteiger partial charge on any atom is -0.504 e. The quantitative estimate of drug-likeness (QED) is 0.0280. The van der Waals surface area contributed by atoms with Crippen molar-refractivity contribution in [3.63, 3.8) is 0 Å². The molecule has 100 heavy (non-hydrogen) atoms. The SMILES string of the molecule is NCc1ccc2c(c1)OCO2.O=Cc1ccc2c(c1)OCO2.Oc1ccc(CN(Cc2ccc(O)c(O)c2)Cc2ccc(O)c(O)c2)cc1O.Oc1ccc(CNCc2ccc(O)c(O)c2)cc1O.c1cc2c(cc1CN(Cc1ccc3c(c1)OCO3)Cc1ccc3c(c1)OCO3)OCO2. The van der Waals surface area contributed by atoms with Gasteiger partial charge < -0.3 is 109 Å². The zero-order valence-electron chi connectivity index (χ0n) is 53.7. The summed E-state index contributed by atoms with van der Waals surface area (Å²) in [5.41, 5.74) is 14.5. The van der Waals surface area contributed by atoms with Crippen molar-refractivity contribution in [2.24, 2.45) is 5.73 Å². The van der Waals surface area contributed by atoms with Gasteiger partial charge in [-0.05, 0) is 177 Å². The fourth-order valence-electron chi connectivity index (χ4n) is 10.8. The first-order chi connectivity index (χ1) is 48.5. The number of benzene rings is 10. The summed E-state index contributed by atoms with van der Waals surface area (Å²) in [4.78, 5) is 14.7. The van der Waals surface area contributed by atoms with Gasteiger partial charge >= 0.3 is 0 Å². The molecule has 25 nitrogen and oxygen atoms in total. The van der Waals surface area contributed by atoms with Crippen LogP contribution in [0.25, 0.3) is 0 Å². The van der Waals surface area contributed by atoms with Crippen molar-refractivity contribution in [2.75, 3.05) is 34.0 Å². The van der Waals surface area contributed by atoms with Gasteiger partial charge in [0.05, 0.1) is 0 Å². The Hall–Kier alpha value is -12.3. The summed E-state index contributed by atoms with van der Waals surface area (Å²) in [6.45, 7) is 6.40. The van der Waals surface area contributed by atoms with E-state index in [1.54, 1.807) is 48.5 Å². The minimum absolute atomic E-state index is 0.146. The summed E-state index contributed by atoms with van der Waals surface area (Å²) in [6.07, 6.45) is 0.780. The molecule has 25 heteroatoms. The second-order valence-corrected chi connectivity index (χ2v) is 23.2. The van der Waals surface area contributed by atoms with E-state index in [9.17, 15) is 55.9 Å². The Morgan fingerprint density at radius 3 is 0.800 bits per heavy atom. The number of phenolic OH excluding ortho intramolecular Hbond substituents is 10. The van der Waals surface area contributed by atoms with Crippen LogP contribution in [0.3, 0.4) is 0 Å². The Balaban J connectivity index is 0.000000133. The summed E-state index contributed by atoms with van der Waals surface area (Å²) in [7, 11) is 0. The van der Waals surface area contributed by atoms with E-state index in [1.807, 2.05) is 41.3 Å². The molecule has 5 aliphatic heterocycles. The first-order valence-electron chi connectivity index (χ1n) is 31.3. The van der Waals surface area contributed by atoms with Crippen LogP contribution >= 0.6 is 0 Å². The van der Waals surface area contributed by atoms with Crippen molar-refractivity contribution in [3.8, 4) is 115 Å². The number of carbonyl (C=O) groups is 1. The molecule has 0 fully saturated rings. The van der Waals surface area contributed by atoms with Gasteiger partial charge in [0.2, 0.25) is 34.0 Å². The molecule has 0 saturated heterocycles. The maximum Gasteiger partial charge on any atom is 0.231 e. The van der Waals surface area contributed by atoms with Gasteiger partial charge in [0, 0.05) is 64.5 Å². The molecular weight excluding hydrogens is 1290 g/mol. The smallest absolute Gasteiger partial charge is 0.231 e. The van der Waals surface area contributed by atoms with Crippen LogP contribution in [0.4, 0.5) is 0 Å². The third-order valence-corrected chi connectivity index (χ3v) is 15.8. The zero-order chi connectivity index (χ0) is 70.1. The van der Waals surface area contributed by atoms with E-state index in [4.69, 9.17) is 53.1 Å². The molecule has 13 N–H and O–H groups in total. The standard InChI is InChI=1S/C24H21NO6.C21H21NO6.C14H15NO4.C8H9NO2.C8H6O3/c1-4-19-22(29-13-26-19)7-16(1)10-25(11-17-2-5-20-23(8-17)30-14-27-20)12-18-3-6-21-24(9-18)31-15-28-21;23-16-4-1-13(7-19(16)26)10-22(11-14-2-5-17(24)20(27)8-14)12-15-3-6-18(25)21(28)9-15;16-11-3-1-9(5-13(11)18)7-15-8-10-2-4-12(17)14(19)6-10;2*9-4-6-1-2-7-8(3-6)11-5-10-7/h1-9H,10-15H2;1-9,23-28H,10-12H2;1-6,15-19H,7-8H2;1-3H,4-5,9H2;1-4H,5H2. The Bertz CT molecular complexity index is 4180. The highest BCUT2D eigenvalue weighted by atomic mass is 16.7. The van der Waals surface area contributed by atoms with Gasteiger partial charge in [-0.3, -0.25) is 14.6 Å². The van der Waals surface area contributed by atoms with Gasteiger partial charge in [0.15, 0.2) is 115 Å². The number of aromatic hydroxyl groups is 10. The van der Waals surface area contributed by atoms with E-state index in [-0.39, 0.29) is 84.7 Å². The van der Waals surface area contributed by atoms with Crippen LogP contribution in [-0.4, -0.2) is 101 Å². The summed E-state index contributed by atoms with van der Waals surface area (Å²) < 4.78 is 53.4. The predicted octanol–water partition coefficient (Wildman–Crippen LogP) is 11.1. The number of aldehydes is 1. The molecule has 0 amide bonds. The van der Waals surface area contributed by atoms with Gasteiger partial charge in [0.1, 0.15) is 6.29 Å². The summed E-state index contributed by atoms with van der Waals surface area (Å²) in [6, 6.07) is 52.0. The fraction of sp³-hybridized carbons (Fsp3) is 0.187. The fourth-order valence-corrected chi connectivity index (χ4v) is 10.8. The number of hydrogen-bond donors (Lipinski definition) is 12. The highest BCUT2D eigenvalue weighted by Gasteiger charge is 2.21. The largest absolute Gasteiger partial charge is 0.504 e. The molecule has 15 rings (SSSR count). The molecule has 0 saturated carbocycles. The van der Waals surface area contributed by atoms with Crippen molar-refractivity contribution in [2.45, 2.75) is 58.9 Å². The number of carbonyl (C=O) groups excluding carboxylic acids is 1. The molecule has 5 aliphatic rings.